The monoisotopic (exact) mass is 320 g/mol. The van der Waals surface area contributed by atoms with Crippen LogP contribution in [0.4, 0.5) is 11.4 Å². The van der Waals surface area contributed by atoms with E-state index in [1.54, 1.807) is 6.07 Å². The molecule has 22 heavy (non-hydrogen) atoms. The van der Waals surface area contributed by atoms with Gasteiger partial charge in [-0.2, -0.15) is 0 Å². The summed E-state index contributed by atoms with van der Waals surface area (Å²) in [5, 5.41) is 5.76. The van der Waals surface area contributed by atoms with E-state index in [1.165, 1.54) is 0 Å². The minimum absolute atomic E-state index is 0.110. The predicted octanol–water partition coefficient (Wildman–Crippen LogP) is 6.17. The van der Waals surface area contributed by atoms with Crippen LogP contribution in [0.15, 0.2) is 29.4 Å². The van der Waals surface area contributed by atoms with Crippen LogP contribution in [0.3, 0.4) is 0 Å². The van der Waals surface area contributed by atoms with Crippen LogP contribution in [0.25, 0.3) is 10.4 Å². The van der Waals surface area contributed by atoms with Gasteiger partial charge in [-0.1, -0.05) is 38.0 Å². The smallest absolute Gasteiger partial charge is 0.228 e. The lowest BCUT2D eigenvalue weighted by molar-refractivity contribution is 0.185. The van der Waals surface area contributed by atoms with E-state index >= 15 is 0 Å². The number of hydrogen-bond donors (Lipinski definition) is 0. The van der Waals surface area contributed by atoms with Crippen molar-refractivity contribution in [3.63, 3.8) is 0 Å². The van der Waals surface area contributed by atoms with Gasteiger partial charge in [0.2, 0.25) is 8.32 Å². The van der Waals surface area contributed by atoms with Gasteiger partial charge in [-0.05, 0) is 56.6 Å². The maximum Gasteiger partial charge on any atom is 0.228 e. The van der Waals surface area contributed by atoms with Crippen LogP contribution in [0.1, 0.15) is 41.5 Å². The van der Waals surface area contributed by atoms with Gasteiger partial charge >= 0.3 is 0 Å². The third-order valence-corrected chi connectivity index (χ3v) is 8.21. The molecule has 0 amide bonds. The van der Waals surface area contributed by atoms with Crippen molar-refractivity contribution in [2.45, 2.75) is 65.2 Å². The summed E-state index contributed by atoms with van der Waals surface area (Å²) in [5.74, 6) is 0. The molecule has 0 aliphatic carbocycles. The van der Waals surface area contributed by atoms with Crippen molar-refractivity contribution in [3.05, 3.63) is 34.7 Å². The van der Waals surface area contributed by atoms with Gasteiger partial charge in [0.05, 0.1) is 11.2 Å². The van der Waals surface area contributed by atoms with Gasteiger partial charge in [0, 0.05) is 10.6 Å². The lowest BCUT2D eigenvalue weighted by atomic mass is 10.1. The van der Waals surface area contributed by atoms with Gasteiger partial charge in [0.15, 0.2) is 0 Å². The van der Waals surface area contributed by atoms with Crippen molar-refractivity contribution in [1.82, 2.24) is 0 Å². The molecule has 0 aliphatic rings. The Kier molecular flexibility index (Phi) is 5.33. The van der Waals surface area contributed by atoms with Crippen LogP contribution in [-0.2, 0) is 4.53 Å². The van der Waals surface area contributed by atoms with Crippen molar-refractivity contribution in [2.75, 3.05) is 5.06 Å². The summed E-state index contributed by atoms with van der Waals surface area (Å²) >= 11 is 0. The standard InChI is InChI=1S/C16H28N4OSi/c1-15(2,3)20(21-22(7,8)16(4,5)6)14-11-9-10-13(12-14)18-19-17/h9-12H,1-8H3. The number of hydrogen-bond acceptors (Lipinski definition) is 3. The SMILES string of the molecule is CC(C)(C)N(O[Si](C)(C)C(C)(C)C)c1cccc(N=[N+]=[N-])c1. The first-order valence-corrected chi connectivity index (χ1v) is 10.4. The Morgan fingerprint density at radius 2 is 1.73 bits per heavy atom. The second-order valence-electron chi connectivity index (χ2n) is 8.03. The van der Waals surface area contributed by atoms with Crippen LogP contribution in [0.2, 0.25) is 18.1 Å². The largest absolute Gasteiger partial charge is 0.319 e. The van der Waals surface area contributed by atoms with Gasteiger partial charge in [0.1, 0.15) is 0 Å². The van der Waals surface area contributed by atoms with Crippen molar-refractivity contribution in [1.29, 1.82) is 0 Å². The highest BCUT2D eigenvalue weighted by Crippen LogP contribution is 2.40. The van der Waals surface area contributed by atoms with E-state index in [9.17, 15) is 0 Å². The summed E-state index contributed by atoms with van der Waals surface area (Å²) in [7, 11) is -1.97. The van der Waals surface area contributed by atoms with E-state index in [1.807, 2.05) is 23.3 Å². The summed E-state index contributed by atoms with van der Waals surface area (Å²) in [6, 6.07) is 7.51. The molecule has 0 unspecified atom stereocenters. The molecule has 0 N–H and O–H groups in total. The Morgan fingerprint density at radius 3 is 2.18 bits per heavy atom. The molecule has 0 saturated carbocycles. The minimum Gasteiger partial charge on any atom is -0.319 e. The zero-order chi connectivity index (χ0) is 17.2. The molecule has 122 valence electrons. The molecule has 0 spiro atoms. The highest BCUT2D eigenvalue weighted by molar-refractivity contribution is 6.74. The maximum atomic E-state index is 8.62. The normalized spacial score (nSPS) is 12.7. The Hall–Kier alpha value is -1.49. The van der Waals surface area contributed by atoms with Crippen molar-refractivity contribution >= 4 is 19.7 Å². The zero-order valence-corrected chi connectivity index (χ0v) is 16.0. The average Bonchev–Trinajstić information content (AvgIpc) is 2.34. The molecule has 0 saturated heterocycles. The Morgan fingerprint density at radius 1 is 1.14 bits per heavy atom. The van der Waals surface area contributed by atoms with Gasteiger partial charge < -0.3 is 4.53 Å². The summed E-state index contributed by atoms with van der Waals surface area (Å²) in [6.07, 6.45) is 0. The van der Waals surface area contributed by atoms with Crippen LogP contribution < -0.4 is 5.06 Å². The lowest BCUT2D eigenvalue weighted by Crippen LogP contribution is -2.52. The first kappa shape index (κ1) is 18.6. The predicted molar refractivity (Wildman–Crippen MR) is 95.8 cm³/mol. The molecule has 1 aromatic carbocycles. The average molecular weight is 321 g/mol. The number of anilines is 1. The van der Waals surface area contributed by atoms with Gasteiger partial charge in [-0.25, -0.2) is 0 Å². The molecular weight excluding hydrogens is 292 g/mol. The topological polar surface area (TPSA) is 61.2 Å². The van der Waals surface area contributed by atoms with Gasteiger partial charge in [0.25, 0.3) is 0 Å². The number of hydroxylamine groups is 1. The fourth-order valence-corrected chi connectivity index (χ4v) is 2.78. The van der Waals surface area contributed by atoms with E-state index < -0.39 is 8.32 Å². The Labute approximate surface area is 135 Å². The molecule has 1 aromatic rings. The van der Waals surface area contributed by atoms with Crippen LogP contribution in [0.5, 0.6) is 0 Å². The number of nitrogens with zero attached hydrogens (tertiary/aromatic N) is 4. The molecule has 5 nitrogen and oxygen atoms in total. The molecule has 0 aliphatic heterocycles. The van der Waals surface area contributed by atoms with Crippen LogP contribution in [0, 0.1) is 0 Å². The highest BCUT2D eigenvalue weighted by Gasteiger charge is 2.41. The van der Waals surface area contributed by atoms with Crippen molar-refractivity contribution in [2.24, 2.45) is 5.11 Å². The summed E-state index contributed by atoms with van der Waals surface area (Å²) in [5.41, 5.74) is 9.91. The summed E-state index contributed by atoms with van der Waals surface area (Å²) in [6.45, 7) is 17.4. The fourth-order valence-electron chi connectivity index (χ4n) is 1.68. The van der Waals surface area contributed by atoms with Crippen molar-refractivity contribution < 1.29 is 4.53 Å². The molecule has 0 radical (unpaired) electrons. The quantitative estimate of drug-likeness (QED) is 0.219. The Balaban J connectivity index is 3.26. The van der Waals surface area contributed by atoms with Gasteiger partial charge in [-0.3, -0.25) is 5.06 Å². The lowest BCUT2D eigenvalue weighted by Gasteiger charge is -2.45. The molecule has 0 aromatic heterocycles. The maximum absolute atomic E-state index is 8.62. The molecule has 6 heteroatoms. The summed E-state index contributed by atoms with van der Waals surface area (Å²) < 4.78 is 6.52. The molecular formula is C16H28N4OSi. The fraction of sp³-hybridized carbons (Fsp3) is 0.625. The molecule has 0 heterocycles. The zero-order valence-electron chi connectivity index (χ0n) is 15.0. The van der Waals surface area contributed by atoms with E-state index in [0.717, 1.165) is 5.69 Å². The number of azide groups is 1. The second kappa shape index (κ2) is 6.32. The molecule has 0 fully saturated rings. The summed E-state index contributed by atoms with van der Waals surface area (Å²) in [4.78, 5) is 2.86. The molecule has 0 bridgehead atoms. The molecule has 0 atom stereocenters. The first-order chi connectivity index (χ1) is 9.88. The second-order valence-corrected chi connectivity index (χ2v) is 12.7. The third kappa shape index (κ3) is 4.50. The van der Waals surface area contributed by atoms with E-state index in [2.05, 4.69) is 64.7 Å². The van der Waals surface area contributed by atoms with E-state index in [-0.39, 0.29) is 10.6 Å². The van der Waals surface area contributed by atoms with Crippen molar-refractivity contribution in [3.8, 4) is 0 Å². The third-order valence-electron chi connectivity index (χ3n) is 3.96. The molecule has 1 rings (SSSR count). The van der Waals surface area contributed by atoms with Crippen LogP contribution >= 0.6 is 0 Å². The number of rotatable bonds is 4. The highest BCUT2D eigenvalue weighted by atomic mass is 28.4. The van der Waals surface area contributed by atoms with Crippen LogP contribution in [-0.4, -0.2) is 13.9 Å². The van der Waals surface area contributed by atoms with E-state index in [0.29, 0.717) is 5.69 Å². The first-order valence-electron chi connectivity index (χ1n) is 7.53. The minimum atomic E-state index is -1.97. The van der Waals surface area contributed by atoms with Gasteiger partial charge in [-0.15, -0.1) is 0 Å². The number of benzene rings is 1. The van der Waals surface area contributed by atoms with E-state index in [4.69, 9.17) is 10.1 Å². The Bertz CT molecular complexity index is 566.